The molecule has 0 N–H and O–H groups in total. The predicted molar refractivity (Wildman–Crippen MR) is 135 cm³/mol. The highest BCUT2D eigenvalue weighted by Crippen LogP contribution is 2.41. The third-order valence-corrected chi connectivity index (χ3v) is 6.34. The van der Waals surface area contributed by atoms with Gasteiger partial charge in [0.25, 0.3) is 0 Å². The number of hydrogen-bond donors (Lipinski definition) is 0. The van der Waals surface area contributed by atoms with Gasteiger partial charge in [-0.25, -0.2) is 0 Å². The zero-order valence-corrected chi connectivity index (χ0v) is 17.6. The molecule has 6 rings (SSSR count). The lowest BCUT2D eigenvalue weighted by molar-refractivity contribution is 1.62. The van der Waals surface area contributed by atoms with E-state index < -0.39 is 0 Å². The Morgan fingerprint density at radius 3 is 1.90 bits per heavy atom. The van der Waals surface area contributed by atoms with Crippen LogP contribution in [-0.4, -0.2) is 0 Å². The first-order valence-electron chi connectivity index (χ1n) is 10.5. The van der Waals surface area contributed by atoms with Crippen molar-refractivity contribution in [3.8, 4) is 22.3 Å². The maximum atomic E-state index is 6.49. The molecule has 31 heavy (non-hydrogen) atoms. The van der Waals surface area contributed by atoms with E-state index in [0.717, 1.165) is 10.6 Å². The number of halogens is 1. The van der Waals surface area contributed by atoms with Crippen molar-refractivity contribution < 1.29 is 0 Å². The Hall–Kier alpha value is -3.61. The molecular weight excluding hydrogens is 396 g/mol. The Labute approximate surface area is 186 Å². The monoisotopic (exact) mass is 414 g/mol. The maximum absolute atomic E-state index is 6.49. The molecule has 0 aliphatic carbocycles. The van der Waals surface area contributed by atoms with Crippen LogP contribution < -0.4 is 0 Å². The van der Waals surface area contributed by atoms with Crippen LogP contribution in [0, 0.1) is 0 Å². The Morgan fingerprint density at radius 1 is 0.387 bits per heavy atom. The van der Waals surface area contributed by atoms with Crippen LogP contribution in [0.25, 0.3) is 54.6 Å². The van der Waals surface area contributed by atoms with Gasteiger partial charge in [-0.2, -0.15) is 0 Å². The fourth-order valence-electron chi connectivity index (χ4n) is 4.62. The van der Waals surface area contributed by atoms with Crippen LogP contribution in [0.1, 0.15) is 0 Å². The van der Waals surface area contributed by atoms with Gasteiger partial charge in [0.15, 0.2) is 0 Å². The molecule has 0 bridgehead atoms. The normalized spacial score (nSPS) is 11.4. The fraction of sp³-hybridized carbons (Fsp3) is 0. The number of hydrogen-bond acceptors (Lipinski definition) is 0. The molecule has 0 saturated heterocycles. The summed E-state index contributed by atoms with van der Waals surface area (Å²) in [5.74, 6) is 0. The molecule has 0 amide bonds. The third-order valence-electron chi connectivity index (χ3n) is 6.10. The quantitative estimate of drug-likeness (QED) is 0.248. The van der Waals surface area contributed by atoms with Gasteiger partial charge in [0.2, 0.25) is 0 Å². The molecule has 0 fully saturated rings. The summed E-state index contributed by atoms with van der Waals surface area (Å²) in [6, 6.07) is 40.9. The smallest absolute Gasteiger partial charge is 0.0412 e. The Balaban J connectivity index is 1.68. The van der Waals surface area contributed by atoms with E-state index in [2.05, 4.69) is 109 Å². The minimum Gasteiger partial charge on any atom is -0.0843 e. The number of benzene rings is 6. The molecule has 0 nitrogen and oxygen atoms in total. The average Bonchev–Trinajstić information content (AvgIpc) is 2.83. The van der Waals surface area contributed by atoms with E-state index in [1.807, 2.05) is 6.07 Å². The fourth-order valence-corrected chi connectivity index (χ4v) is 4.80. The lowest BCUT2D eigenvalue weighted by atomic mass is 9.88. The Bertz CT molecular complexity index is 1590. The summed E-state index contributed by atoms with van der Waals surface area (Å²) in [5.41, 5.74) is 4.75. The molecule has 0 spiro atoms. The van der Waals surface area contributed by atoms with Crippen molar-refractivity contribution in [1.82, 2.24) is 0 Å². The van der Waals surface area contributed by atoms with Gasteiger partial charge in [0.05, 0.1) is 0 Å². The van der Waals surface area contributed by atoms with Gasteiger partial charge in [0.1, 0.15) is 0 Å². The molecule has 6 aromatic rings. The molecule has 0 aliphatic heterocycles. The van der Waals surface area contributed by atoms with Crippen LogP contribution in [0.3, 0.4) is 0 Å². The maximum Gasteiger partial charge on any atom is 0.0412 e. The molecular formula is C30H19Cl. The largest absolute Gasteiger partial charge is 0.0843 e. The minimum atomic E-state index is 0.747. The van der Waals surface area contributed by atoms with Gasteiger partial charge in [0, 0.05) is 5.02 Å². The van der Waals surface area contributed by atoms with Gasteiger partial charge >= 0.3 is 0 Å². The molecule has 0 saturated carbocycles. The summed E-state index contributed by atoms with van der Waals surface area (Å²) < 4.78 is 0. The number of fused-ring (bicyclic) bond motifs is 4. The van der Waals surface area contributed by atoms with Crippen molar-refractivity contribution in [2.24, 2.45) is 0 Å². The van der Waals surface area contributed by atoms with E-state index >= 15 is 0 Å². The van der Waals surface area contributed by atoms with Gasteiger partial charge < -0.3 is 0 Å². The zero-order valence-electron chi connectivity index (χ0n) is 16.8. The molecule has 0 heterocycles. The van der Waals surface area contributed by atoms with E-state index in [1.54, 1.807) is 0 Å². The van der Waals surface area contributed by atoms with Crippen molar-refractivity contribution in [3.05, 3.63) is 120 Å². The van der Waals surface area contributed by atoms with E-state index in [0.29, 0.717) is 0 Å². The first-order chi connectivity index (χ1) is 15.3. The molecule has 0 radical (unpaired) electrons. The molecule has 1 heteroatoms. The van der Waals surface area contributed by atoms with Crippen LogP contribution >= 0.6 is 11.6 Å². The molecule has 6 aromatic carbocycles. The Kier molecular flexibility index (Phi) is 4.26. The van der Waals surface area contributed by atoms with E-state index in [-0.39, 0.29) is 0 Å². The van der Waals surface area contributed by atoms with Gasteiger partial charge in [-0.3, -0.25) is 0 Å². The first kappa shape index (κ1) is 18.2. The second kappa shape index (κ2) is 7.27. The van der Waals surface area contributed by atoms with Crippen LogP contribution in [-0.2, 0) is 0 Å². The molecule has 0 aromatic heterocycles. The van der Waals surface area contributed by atoms with Crippen molar-refractivity contribution >= 4 is 43.9 Å². The lowest BCUT2D eigenvalue weighted by Gasteiger charge is -2.16. The van der Waals surface area contributed by atoms with Crippen LogP contribution in [0.2, 0.25) is 5.02 Å². The van der Waals surface area contributed by atoms with Gasteiger partial charge in [-0.15, -0.1) is 0 Å². The summed E-state index contributed by atoms with van der Waals surface area (Å²) in [7, 11) is 0. The molecule has 146 valence electrons. The topological polar surface area (TPSA) is 0 Å². The third kappa shape index (κ3) is 3.08. The molecule has 0 aliphatic rings. The molecule has 0 unspecified atom stereocenters. The van der Waals surface area contributed by atoms with Crippen LogP contribution in [0.15, 0.2) is 115 Å². The molecule has 0 atom stereocenters. The van der Waals surface area contributed by atoms with E-state index in [1.165, 1.54) is 49.0 Å². The summed E-state index contributed by atoms with van der Waals surface area (Å²) in [5, 5.41) is 8.27. The van der Waals surface area contributed by atoms with Gasteiger partial charge in [-0.1, -0.05) is 103 Å². The van der Waals surface area contributed by atoms with Gasteiger partial charge in [-0.05, 0) is 78.8 Å². The van der Waals surface area contributed by atoms with Crippen LogP contribution in [0.4, 0.5) is 0 Å². The summed E-state index contributed by atoms with van der Waals surface area (Å²) in [6.07, 6.45) is 0. The van der Waals surface area contributed by atoms with Crippen molar-refractivity contribution in [2.45, 2.75) is 0 Å². The highest BCUT2D eigenvalue weighted by atomic mass is 35.5. The SMILES string of the molecule is Clc1ccc(-c2cc3ccccc3c3ccccc23)c(-c2ccc3ccccc3c2)c1. The van der Waals surface area contributed by atoms with E-state index in [4.69, 9.17) is 11.6 Å². The number of rotatable bonds is 2. The van der Waals surface area contributed by atoms with Crippen LogP contribution in [0.5, 0.6) is 0 Å². The first-order valence-corrected chi connectivity index (χ1v) is 10.9. The van der Waals surface area contributed by atoms with Crippen molar-refractivity contribution in [3.63, 3.8) is 0 Å². The minimum absolute atomic E-state index is 0.747. The standard InChI is InChI=1S/C30H19Cl/c31-24-15-16-28(29(19-24)23-14-13-20-7-1-2-8-21(20)17-23)30-18-22-9-3-4-10-25(22)26-11-5-6-12-27(26)30/h1-19H. The average molecular weight is 415 g/mol. The second-order valence-electron chi connectivity index (χ2n) is 7.94. The summed E-state index contributed by atoms with van der Waals surface area (Å²) >= 11 is 6.49. The van der Waals surface area contributed by atoms with E-state index in [9.17, 15) is 0 Å². The highest BCUT2D eigenvalue weighted by Gasteiger charge is 2.14. The summed E-state index contributed by atoms with van der Waals surface area (Å²) in [4.78, 5) is 0. The van der Waals surface area contributed by atoms with Crippen molar-refractivity contribution in [1.29, 1.82) is 0 Å². The predicted octanol–water partition coefficient (Wildman–Crippen LogP) is 9.13. The second-order valence-corrected chi connectivity index (χ2v) is 8.38. The summed E-state index contributed by atoms with van der Waals surface area (Å²) in [6.45, 7) is 0. The highest BCUT2D eigenvalue weighted by molar-refractivity contribution is 6.31. The van der Waals surface area contributed by atoms with Crippen molar-refractivity contribution in [2.75, 3.05) is 0 Å². The lowest BCUT2D eigenvalue weighted by Crippen LogP contribution is -1.89. The zero-order chi connectivity index (χ0) is 20.8. The Morgan fingerprint density at radius 2 is 1.06 bits per heavy atom.